The van der Waals surface area contributed by atoms with Gasteiger partial charge in [-0.3, -0.25) is 0 Å². The van der Waals surface area contributed by atoms with Crippen molar-refractivity contribution in [1.29, 1.82) is 5.26 Å². The van der Waals surface area contributed by atoms with Gasteiger partial charge in [0.15, 0.2) is 0 Å². The minimum Gasteiger partial charge on any atom is -0.372 e. The summed E-state index contributed by atoms with van der Waals surface area (Å²) < 4.78 is 5.29. The van der Waals surface area contributed by atoms with Crippen LogP contribution in [0.15, 0.2) is 12.1 Å². The number of ether oxygens (including phenoxy) is 1. The minimum atomic E-state index is 0.658. The fourth-order valence-corrected chi connectivity index (χ4v) is 1.55. The van der Waals surface area contributed by atoms with Gasteiger partial charge in [-0.25, -0.2) is 0 Å². The van der Waals surface area contributed by atoms with Gasteiger partial charge in [0.2, 0.25) is 0 Å². The average molecular weight is 159 g/mol. The predicted molar refractivity (Wildman–Crippen MR) is 44.4 cm³/mol. The Bertz CT molecular complexity index is 363. The van der Waals surface area contributed by atoms with E-state index in [0.717, 1.165) is 5.56 Å². The number of hydrogen-bond acceptors (Lipinski definition) is 2. The van der Waals surface area contributed by atoms with E-state index < -0.39 is 0 Å². The molecule has 2 heteroatoms. The molecule has 0 amide bonds. The molecule has 1 heterocycles. The zero-order chi connectivity index (χ0) is 8.55. The van der Waals surface area contributed by atoms with Crippen molar-refractivity contribution in [2.24, 2.45) is 0 Å². The minimum absolute atomic E-state index is 0.658. The van der Waals surface area contributed by atoms with Crippen LogP contribution in [0.2, 0.25) is 0 Å². The fourth-order valence-electron chi connectivity index (χ4n) is 1.55. The van der Waals surface area contributed by atoms with E-state index in [1.165, 1.54) is 16.7 Å². The molecule has 2 rings (SSSR count). The molecular formula is C10H9NO. The molecule has 1 aromatic carbocycles. The first-order valence-corrected chi connectivity index (χ1v) is 3.91. The number of nitrogens with zero attached hydrogens (tertiary/aromatic N) is 1. The highest BCUT2D eigenvalue weighted by molar-refractivity contribution is 5.44. The Hall–Kier alpha value is -1.33. The second kappa shape index (κ2) is 2.62. The summed E-state index contributed by atoms with van der Waals surface area (Å²) in [5.74, 6) is 0. The summed E-state index contributed by atoms with van der Waals surface area (Å²) in [5.41, 5.74) is 4.33. The van der Waals surface area contributed by atoms with E-state index in [4.69, 9.17) is 10.00 Å². The fraction of sp³-hybridized carbons (Fsp3) is 0.300. The summed E-state index contributed by atoms with van der Waals surface area (Å²) in [5, 5.41) is 8.70. The van der Waals surface area contributed by atoms with Gasteiger partial charge in [-0.1, -0.05) is 0 Å². The van der Waals surface area contributed by atoms with E-state index >= 15 is 0 Å². The number of nitriles is 1. The van der Waals surface area contributed by atoms with Crippen molar-refractivity contribution in [3.63, 3.8) is 0 Å². The van der Waals surface area contributed by atoms with Gasteiger partial charge in [0.25, 0.3) is 0 Å². The quantitative estimate of drug-likeness (QED) is 0.579. The lowest BCUT2D eigenvalue weighted by molar-refractivity contribution is 0.134. The van der Waals surface area contributed by atoms with Crippen molar-refractivity contribution < 1.29 is 4.74 Å². The van der Waals surface area contributed by atoms with Crippen molar-refractivity contribution in [3.05, 3.63) is 34.4 Å². The van der Waals surface area contributed by atoms with Gasteiger partial charge in [0, 0.05) is 0 Å². The molecule has 2 nitrogen and oxygen atoms in total. The van der Waals surface area contributed by atoms with Crippen LogP contribution >= 0.6 is 0 Å². The van der Waals surface area contributed by atoms with Crippen molar-refractivity contribution >= 4 is 0 Å². The highest BCUT2D eigenvalue weighted by Crippen LogP contribution is 2.24. The monoisotopic (exact) mass is 159 g/mol. The lowest BCUT2D eigenvalue weighted by atomic mass is 10.0. The van der Waals surface area contributed by atoms with E-state index in [-0.39, 0.29) is 0 Å². The van der Waals surface area contributed by atoms with Crippen LogP contribution in [0.1, 0.15) is 22.3 Å². The molecule has 0 atom stereocenters. The van der Waals surface area contributed by atoms with E-state index in [1.807, 2.05) is 19.1 Å². The van der Waals surface area contributed by atoms with Crippen molar-refractivity contribution in [2.45, 2.75) is 20.1 Å². The molecule has 0 spiro atoms. The van der Waals surface area contributed by atoms with E-state index in [2.05, 4.69) is 6.07 Å². The first-order chi connectivity index (χ1) is 5.81. The second-order valence-corrected chi connectivity index (χ2v) is 3.04. The Labute approximate surface area is 71.4 Å². The van der Waals surface area contributed by atoms with E-state index in [0.29, 0.717) is 13.2 Å². The Kier molecular flexibility index (Phi) is 1.60. The summed E-state index contributed by atoms with van der Waals surface area (Å²) in [4.78, 5) is 0. The van der Waals surface area contributed by atoms with Crippen LogP contribution in [-0.4, -0.2) is 0 Å². The third-order valence-corrected chi connectivity index (χ3v) is 2.20. The standard InChI is InChI=1S/C10H9NO/c1-7-2-8(4-11)3-9-5-12-6-10(7)9/h2-3H,5-6H2,1H3. The van der Waals surface area contributed by atoms with Crippen LogP contribution in [0.5, 0.6) is 0 Å². The number of benzene rings is 1. The molecule has 1 aliphatic heterocycles. The smallest absolute Gasteiger partial charge is 0.0991 e. The van der Waals surface area contributed by atoms with Crippen molar-refractivity contribution in [1.82, 2.24) is 0 Å². The van der Waals surface area contributed by atoms with Crippen LogP contribution in [0.4, 0.5) is 0 Å². The molecule has 1 aliphatic rings. The number of rotatable bonds is 0. The summed E-state index contributed by atoms with van der Waals surface area (Å²) >= 11 is 0. The molecule has 0 N–H and O–H groups in total. The maximum Gasteiger partial charge on any atom is 0.0991 e. The van der Waals surface area contributed by atoms with E-state index in [9.17, 15) is 0 Å². The van der Waals surface area contributed by atoms with Gasteiger partial charge in [-0.15, -0.1) is 0 Å². The normalized spacial score (nSPS) is 14.0. The molecular weight excluding hydrogens is 150 g/mol. The van der Waals surface area contributed by atoms with Crippen LogP contribution in [0.25, 0.3) is 0 Å². The van der Waals surface area contributed by atoms with Crippen LogP contribution in [0.3, 0.4) is 0 Å². The van der Waals surface area contributed by atoms with E-state index in [1.54, 1.807) is 0 Å². The lowest BCUT2D eigenvalue weighted by Gasteiger charge is -2.01. The zero-order valence-corrected chi connectivity index (χ0v) is 6.92. The first-order valence-electron chi connectivity index (χ1n) is 3.91. The number of hydrogen-bond donors (Lipinski definition) is 0. The number of aryl methyl sites for hydroxylation is 1. The molecule has 0 unspecified atom stereocenters. The highest BCUT2D eigenvalue weighted by Gasteiger charge is 2.13. The second-order valence-electron chi connectivity index (χ2n) is 3.04. The van der Waals surface area contributed by atoms with Crippen LogP contribution < -0.4 is 0 Å². The maximum absolute atomic E-state index is 8.70. The third-order valence-electron chi connectivity index (χ3n) is 2.20. The van der Waals surface area contributed by atoms with Crippen molar-refractivity contribution in [2.75, 3.05) is 0 Å². The summed E-state index contributed by atoms with van der Waals surface area (Å²) in [6.45, 7) is 3.38. The van der Waals surface area contributed by atoms with Gasteiger partial charge >= 0.3 is 0 Å². The van der Waals surface area contributed by atoms with Gasteiger partial charge in [-0.2, -0.15) is 5.26 Å². The van der Waals surface area contributed by atoms with Crippen LogP contribution in [0, 0.1) is 18.3 Å². The van der Waals surface area contributed by atoms with Crippen molar-refractivity contribution in [3.8, 4) is 6.07 Å². The van der Waals surface area contributed by atoms with Crippen LogP contribution in [-0.2, 0) is 18.0 Å². The zero-order valence-electron chi connectivity index (χ0n) is 6.92. The Morgan fingerprint density at radius 3 is 3.00 bits per heavy atom. The molecule has 12 heavy (non-hydrogen) atoms. The van der Waals surface area contributed by atoms with Gasteiger partial charge in [0.1, 0.15) is 0 Å². The molecule has 0 aliphatic carbocycles. The molecule has 0 radical (unpaired) electrons. The molecule has 60 valence electrons. The summed E-state index contributed by atoms with van der Waals surface area (Å²) in [6, 6.07) is 5.96. The molecule has 0 saturated carbocycles. The molecule has 1 aromatic rings. The summed E-state index contributed by atoms with van der Waals surface area (Å²) in [7, 11) is 0. The SMILES string of the molecule is Cc1cc(C#N)cc2c1COC2. The Morgan fingerprint density at radius 2 is 2.25 bits per heavy atom. The average Bonchev–Trinajstić information content (AvgIpc) is 2.52. The highest BCUT2D eigenvalue weighted by atomic mass is 16.5. The molecule has 0 saturated heterocycles. The Balaban J connectivity index is 2.60. The number of fused-ring (bicyclic) bond motifs is 1. The van der Waals surface area contributed by atoms with Gasteiger partial charge in [-0.05, 0) is 35.7 Å². The van der Waals surface area contributed by atoms with Gasteiger partial charge in [0.05, 0.1) is 24.8 Å². The first kappa shape index (κ1) is 7.33. The topological polar surface area (TPSA) is 33.0 Å². The Morgan fingerprint density at radius 1 is 1.42 bits per heavy atom. The molecule has 0 bridgehead atoms. The predicted octanol–water partition coefficient (Wildman–Crippen LogP) is 1.90. The summed E-state index contributed by atoms with van der Waals surface area (Å²) in [6.07, 6.45) is 0. The molecule has 0 aromatic heterocycles. The largest absolute Gasteiger partial charge is 0.372 e. The third kappa shape index (κ3) is 0.992. The molecule has 0 fully saturated rings. The van der Waals surface area contributed by atoms with Gasteiger partial charge < -0.3 is 4.74 Å². The maximum atomic E-state index is 8.70. The lowest BCUT2D eigenvalue weighted by Crippen LogP contribution is -1.89.